The molecule has 0 saturated carbocycles. The van der Waals surface area contributed by atoms with E-state index in [0.29, 0.717) is 13.2 Å². The van der Waals surface area contributed by atoms with E-state index in [2.05, 4.69) is 46.7 Å². The minimum absolute atomic E-state index is 0.564. The zero-order valence-electron chi connectivity index (χ0n) is 19.1. The second-order valence-corrected chi connectivity index (χ2v) is 7.77. The van der Waals surface area contributed by atoms with Crippen LogP contribution in [-0.4, -0.2) is 44.2 Å². The third-order valence-corrected chi connectivity index (χ3v) is 5.38. The highest BCUT2D eigenvalue weighted by Crippen LogP contribution is 2.28. The van der Waals surface area contributed by atoms with E-state index in [-0.39, 0.29) is 0 Å². The van der Waals surface area contributed by atoms with Gasteiger partial charge >= 0.3 is 0 Å². The van der Waals surface area contributed by atoms with Crippen molar-refractivity contribution in [2.24, 2.45) is 4.99 Å². The number of likely N-dealkylation sites (tertiary alicyclic amines) is 1. The molecular weight excluding hydrogens is 388 g/mol. The van der Waals surface area contributed by atoms with Crippen LogP contribution in [0.5, 0.6) is 11.5 Å². The standard InChI is InChI=1S/C25H36N4O2/c1-4-26-25(28-18-22-12-13-23(30-3)24(16-22)31-5-2)27-17-20-8-10-21(11-9-20)19-29-14-6-7-15-29/h8-13,16H,4-7,14-15,17-19H2,1-3H3,(H2,26,27,28). The summed E-state index contributed by atoms with van der Waals surface area (Å²) in [6.07, 6.45) is 2.66. The molecule has 0 amide bonds. The van der Waals surface area contributed by atoms with Gasteiger partial charge in [-0.1, -0.05) is 30.3 Å². The molecule has 2 aromatic rings. The molecular formula is C25H36N4O2. The fourth-order valence-electron chi connectivity index (χ4n) is 3.75. The minimum atomic E-state index is 0.564. The van der Waals surface area contributed by atoms with Crippen LogP contribution in [0, 0.1) is 0 Å². The Balaban J connectivity index is 1.56. The van der Waals surface area contributed by atoms with Crippen LogP contribution < -0.4 is 20.1 Å². The summed E-state index contributed by atoms with van der Waals surface area (Å²) in [7, 11) is 1.65. The van der Waals surface area contributed by atoms with Gasteiger partial charge in [0, 0.05) is 19.6 Å². The van der Waals surface area contributed by atoms with Crippen LogP contribution in [0.2, 0.25) is 0 Å². The van der Waals surface area contributed by atoms with Crippen molar-refractivity contribution in [2.75, 3.05) is 33.4 Å². The molecule has 168 valence electrons. The monoisotopic (exact) mass is 424 g/mol. The van der Waals surface area contributed by atoms with Gasteiger partial charge in [-0.2, -0.15) is 0 Å². The predicted octanol–water partition coefficient (Wildman–Crippen LogP) is 3.95. The molecule has 1 heterocycles. The first-order valence-corrected chi connectivity index (χ1v) is 11.3. The minimum Gasteiger partial charge on any atom is -0.493 e. The third kappa shape index (κ3) is 7.17. The molecule has 0 spiro atoms. The number of nitrogens with one attached hydrogen (secondary N) is 2. The van der Waals surface area contributed by atoms with Crippen LogP contribution in [0.25, 0.3) is 0 Å². The summed E-state index contributed by atoms with van der Waals surface area (Å²) in [6, 6.07) is 14.8. The van der Waals surface area contributed by atoms with Gasteiger partial charge in [-0.3, -0.25) is 4.90 Å². The SMILES string of the molecule is CCNC(=NCc1ccc(OC)c(OCC)c1)NCc1ccc(CN2CCCC2)cc1. The Morgan fingerprint density at radius 3 is 2.32 bits per heavy atom. The van der Waals surface area contributed by atoms with Crippen LogP contribution in [-0.2, 0) is 19.6 Å². The highest BCUT2D eigenvalue weighted by molar-refractivity contribution is 5.79. The lowest BCUT2D eigenvalue weighted by Crippen LogP contribution is -2.36. The number of hydrogen-bond donors (Lipinski definition) is 2. The molecule has 2 aromatic carbocycles. The number of aliphatic imine (C=N–C) groups is 1. The molecule has 6 nitrogen and oxygen atoms in total. The molecule has 0 aromatic heterocycles. The maximum atomic E-state index is 5.67. The van der Waals surface area contributed by atoms with Crippen LogP contribution in [0.1, 0.15) is 43.4 Å². The van der Waals surface area contributed by atoms with Crippen molar-refractivity contribution in [3.8, 4) is 11.5 Å². The van der Waals surface area contributed by atoms with Crippen molar-refractivity contribution in [2.45, 2.75) is 46.3 Å². The Morgan fingerprint density at radius 2 is 1.65 bits per heavy atom. The number of hydrogen-bond acceptors (Lipinski definition) is 4. The molecule has 0 radical (unpaired) electrons. The second kappa shape index (κ2) is 12.2. The molecule has 0 bridgehead atoms. The normalized spacial score (nSPS) is 14.5. The van der Waals surface area contributed by atoms with Crippen molar-refractivity contribution in [3.05, 3.63) is 59.2 Å². The largest absolute Gasteiger partial charge is 0.493 e. The zero-order valence-corrected chi connectivity index (χ0v) is 19.1. The van der Waals surface area contributed by atoms with Gasteiger partial charge in [-0.15, -0.1) is 0 Å². The van der Waals surface area contributed by atoms with E-state index in [4.69, 9.17) is 14.5 Å². The number of methoxy groups -OCH3 is 1. The molecule has 31 heavy (non-hydrogen) atoms. The molecule has 0 unspecified atom stereocenters. The third-order valence-electron chi connectivity index (χ3n) is 5.38. The van der Waals surface area contributed by atoms with E-state index in [9.17, 15) is 0 Å². The summed E-state index contributed by atoms with van der Waals surface area (Å²) in [5.41, 5.74) is 3.71. The lowest BCUT2D eigenvalue weighted by Gasteiger charge is -2.15. The van der Waals surface area contributed by atoms with Crippen LogP contribution >= 0.6 is 0 Å². The van der Waals surface area contributed by atoms with E-state index in [0.717, 1.165) is 42.7 Å². The van der Waals surface area contributed by atoms with Crippen molar-refractivity contribution in [3.63, 3.8) is 0 Å². The van der Waals surface area contributed by atoms with Crippen molar-refractivity contribution >= 4 is 5.96 Å². The van der Waals surface area contributed by atoms with Crippen LogP contribution in [0.15, 0.2) is 47.5 Å². The Hall–Kier alpha value is -2.73. The lowest BCUT2D eigenvalue weighted by atomic mass is 10.1. The van der Waals surface area contributed by atoms with Gasteiger partial charge < -0.3 is 20.1 Å². The summed E-state index contributed by atoms with van der Waals surface area (Å²) in [5.74, 6) is 2.30. The van der Waals surface area contributed by atoms with Crippen molar-refractivity contribution in [1.82, 2.24) is 15.5 Å². The smallest absolute Gasteiger partial charge is 0.191 e. The first-order valence-electron chi connectivity index (χ1n) is 11.3. The highest BCUT2D eigenvalue weighted by Gasteiger charge is 2.11. The average Bonchev–Trinajstić information content (AvgIpc) is 3.30. The zero-order chi connectivity index (χ0) is 21.9. The van der Waals surface area contributed by atoms with Gasteiger partial charge in [0.25, 0.3) is 0 Å². The lowest BCUT2D eigenvalue weighted by molar-refractivity contribution is 0.310. The molecule has 6 heteroatoms. The Bertz CT molecular complexity index is 830. The summed E-state index contributed by atoms with van der Waals surface area (Å²) in [6.45, 7) is 10.3. The first-order chi connectivity index (χ1) is 15.2. The summed E-state index contributed by atoms with van der Waals surface area (Å²) in [5, 5.41) is 6.76. The molecule has 0 atom stereocenters. The number of ether oxygens (including phenoxy) is 2. The molecule has 2 N–H and O–H groups in total. The number of nitrogens with zero attached hydrogens (tertiary/aromatic N) is 2. The quantitative estimate of drug-likeness (QED) is 0.447. The Kier molecular flexibility index (Phi) is 9.03. The Morgan fingerprint density at radius 1 is 0.935 bits per heavy atom. The maximum absolute atomic E-state index is 5.67. The van der Waals surface area contributed by atoms with E-state index >= 15 is 0 Å². The topological polar surface area (TPSA) is 58.1 Å². The van der Waals surface area contributed by atoms with E-state index in [1.54, 1.807) is 7.11 Å². The van der Waals surface area contributed by atoms with E-state index in [1.807, 2.05) is 25.1 Å². The van der Waals surface area contributed by atoms with Gasteiger partial charge in [-0.05, 0) is 68.6 Å². The number of rotatable bonds is 10. The second-order valence-electron chi connectivity index (χ2n) is 7.77. The van der Waals surface area contributed by atoms with Crippen LogP contribution in [0.3, 0.4) is 0 Å². The molecule has 1 fully saturated rings. The first kappa shape index (κ1) is 22.9. The number of guanidine groups is 1. The van der Waals surface area contributed by atoms with Gasteiger partial charge in [0.2, 0.25) is 0 Å². The maximum Gasteiger partial charge on any atom is 0.191 e. The molecule has 1 aliphatic heterocycles. The van der Waals surface area contributed by atoms with Gasteiger partial charge in [-0.25, -0.2) is 4.99 Å². The van der Waals surface area contributed by atoms with Crippen LogP contribution in [0.4, 0.5) is 0 Å². The van der Waals surface area contributed by atoms with Gasteiger partial charge in [0.05, 0.1) is 20.3 Å². The fourth-order valence-corrected chi connectivity index (χ4v) is 3.75. The summed E-state index contributed by atoms with van der Waals surface area (Å²) < 4.78 is 11.0. The molecule has 3 rings (SSSR count). The Labute approximate surface area is 186 Å². The van der Waals surface area contributed by atoms with Gasteiger partial charge in [0.15, 0.2) is 17.5 Å². The number of benzene rings is 2. The van der Waals surface area contributed by atoms with E-state index < -0.39 is 0 Å². The average molecular weight is 425 g/mol. The van der Waals surface area contributed by atoms with Gasteiger partial charge in [0.1, 0.15) is 0 Å². The molecule has 0 aliphatic carbocycles. The highest BCUT2D eigenvalue weighted by atomic mass is 16.5. The van der Waals surface area contributed by atoms with E-state index in [1.165, 1.54) is 37.1 Å². The molecule has 1 saturated heterocycles. The predicted molar refractivity (Wildman–Crippen MR) is 127 cm³/mol. The van der Waals surface area contributed by atoms with Crippen molar-refractivity contribution < 1.29 is 9.47 Å². The summed E-state index contributed by atoms with van der Waals surface area (Å²) in [4.78, 5) is 7.26. The van der Waals surface area contributed by atoms with Crippen molar-refractivity contribution in [1.29, 1.82) is 0 Å². The fraction of sp³-hybridized carbons (Fsp3) is 0.480. The molecule has 1 aliphatic rings. The summed E-state index contributed by atoms with van der Waals surface area (Å²) >= 11 is 0.